The first-order valence-corrected chi connectivity index (χ1v) is 15.8. The van der Waals surface area contributed by atoms with E-state index in [1.54, 1.807) is 0 Å². The van der Waals surface area contributed by atoms with Gasteiger partial charge in [0, 0.05) is 11.1 Å². The minimum absolute atomic E-state index is 0.408. The van der Waals surface area contributed by atoms with E-state index in [9.17, 15) is 18.3 Å². The highest BCUT2D eigenvalue weighted by Gasteiger charge is 2.53. The maximum absolute atomic E-state index is 12.9. The molecule has 4 aromatic rings. The molecular formula is C33H34N2O5S. The number of nitrogens with one attached hydrogen (secondary N) is 1. The lowest BCUT2D eigenvalue weighted by Crippen LogP contribution is -2.40. The Hall–Kier alpha value is -3.75. The molecule has 1 amide bonds. The number of aliphatic hydroxyl groups excluding tert-OH is 1. The van der Waals surface area contributed by atoms with Crippen molar-refractivity contribution in [1.82, 2.24) is 9.88 Å². The van der Waals surface area contributed by atoms with E-state index >= 15 is 0 Å². The monoisotopic (exact) mass is 570 g/mol. The number of hydrogen-bond donors (Lipinski definition) is 2. The topological polar surface area (TPSA) is 110 Å². The molecule has 1 heterocycles. The number of rotatable bonds is 11. The zero-order valence-electron chi connectivity index (χ0n) is 23.0. The first kappa shape index (κ1) is 27.4. The summed E-state index contributed by atoms with van der Waals surface area (Å²) in [5.74, 6) is 0.343. The van der Waals surface area contributed by atoms with Gasteiger partial charge in [0.2, 0.25) is 15.9 Å². The number of aliphatic hydroxyl groups is 1. The molecule has 2 N–H and O–H groups in total. The van der Waals surface area contributed by atoms with Gasteiger partial charge in [-0.2, -0.15) is 0 Å². The summed E-state index contributed by atoms with van der Waals surface area (Å²) in [6.07, 6.45) is 4.27. The van der Waals surface area contributed by atoms with Gasteiger partial charge in [0.15, 0.2) is 5.76 Å². The molecule has 1 atom stereocenters. The Labute approximate surface area is 240 Å². The summed E-state index contributed by atoms with van der Waals surface area (Å²) in [6, 6.07) is 25.6. The number of aryl methyl sites for hydroxylation is 1. The third-order valence-corrected chi connectivity index (χ3v) is 10.2. The van der Waals surface area contributed by atoms with Crippen LogP contribution in [0.4, 0.5) is 0 Å². The van der Waals surface area contributed by atoms with Crippen LogP contribution >= 0.6 is 0 Å². The van der Waals surface area contributed by atoms with E-state index in [4.69, 9.17) is 4.52 Å². The van der Waals surface area contributed by atoms with Crippen molar-refractivity contribution in [3.05, 3.63) is 101 Å². The predicted octanol–water partition coefficient (Wildman–Crippen LogP) is 6.01. The summed E-state index contributed by atoms with van der Waals surface area (Å²) in [5, 5.41) is 14.3. The molecule has 6 rings (SSSR count). The Morgan fingerprint density at radius 1 is 0.976 bits per heavy atom. The molecule has 212 valence electrons. The predicted molar refractivity (Wildman–Crippen MR) is 157 cm³/mol. The lowest BCUT2D eigenvalue weighted by atomic mass is 9.93. The molecule has 2 aliphatic rings. The fraction of sp³-hybridized carbons (Fsp3) is 0.333. The highest BCUT2D eigenvalue weighted by molar-refractivity contribution is 7.90. The van der Waals surface area contributed by atoms with E-state index in [2.05, 4.69) is 9.88 Å². The van der Waals surface area contributed by atoms with E-state index in [1.165, 1.54) is 0 Å². The molecule has 1 unspecified atom stereocenters. The molecule has 0 saturated heterocycles. The van der Waals surface area contributed by atoms with Crippen LogP contribution in [0.25, 0.3) is 22.5 Å². The Morgan fingerprint density at radius 2 is 1.59 bits per heavy atom. The number of hydrogen-bond acceptors (Lipinski definition) is 6. The SMILES string of the molecule is Cc1noc(-c2ccc(-c3ccc(C4(C(=O)NS(=O)(=O)C5CC5)CC4)cc3)cc2)c1CCCC(O)c1ccccc1. The fourth-order valence-electron chi connectivity index (χ4n) is 5.48. The summed E-state index contributed by atoms with van der Waals surface area (Å²) in [4.78, 5) is 12.9. The van der Waals surface area contributed by atoms with Crippen LogP contribution in [0.1, 0.15) is 67.0 Å². The molecule has 2 saturated carbocycles. The molecule has 8 heteroatoms. The van der Waals surface area contributed by atoms with E-state index in [0.717, 1.165) is 57.7 Å². The van der Waals surface area contributed by atoms with E-state index in [0.29, 0.717) is 32.1 Å². The molecule has 2 fully saturated rings. The maximum Gasteiger partial charge on any atom is 0.244 e. The number of aromatic nitrogens is 1. The molecule has 0 bridgehead atoms. The first-order chi connectivity index (χ1) is 19.8. The summed E-state index contributed by atoms with van der Waals surface area (Å²) in [7, 11) is -3.56. The molecule has 2 aliphatic carbocycles. The largest absolute Gasteiger partial charge is 0.388 e. The minimum Gasteiger partial charge on any atom is -0.388 e. The van der Waals surface area contributed by atoms with Crippen LogP contribution in [-0.4, -0.2) is 29.8 Å². The molecular weight excluding hydrogens is 536 g/mol. The van der Waals surface area contributed by atoms with Gasteiger partial charge in [-0.3, -0.25) is 9.52 Å². The Kier molecular flexibility index (Phi) is 7.30. The molecule has 1 aromatic heterocycles. The number of carbonyl (C=O) groups excluding carboxylic acids is 1. The van der Waals surface area contributed by atoms with Crippen molar-refractivity contribution in [1.29, 1.82) is 0 Å². The van der Waals surface area contributed by atoms with Gasteiger partial charge >= 0.3 is 0 Å². The van der Waals surface area contributed by atoms with Crippen molar-refractivity contribution in [3.63, 3.8) is 0 Å². The molecule has 3 aromatic carbocycles. The summed E-state index contributed by atoms with van der Waals surface area (Å²) < 4.78 is 32.6. The lowest BCUT2D eigenvalue weighted by molar-refractivity contribution is -0.121. The van der Waals surface area contributed by atoms with E-state index in [1.807, 2.05) is 85.8 Å². The van der Waals surface area contributed by atoms with Gasteiger partial charge < -0.3 is 9.63 Å². The van der Waals surface area contributed by atoms with Gasteiger partial charge in [0.05, 0.1) is 22.5 Å². The molecule has 0 radical (unpaired) electrons. The highest BCUT2D eigenvalue weighted by atomic mass is 32.2. The highest BCUT2D eigenvalue weighted by Crippen LogP contribution is 2.49. The summed E-state index contributed by atoms with van der Waals surface area (Å²) in [6.45, 7) is 1.94. The van der Waals surface area contributed by atoms with Crippen LogP contribution in [0.2, 0.25) is 0 Å². The van der Waals surface area contributed by atoms with E-state index < -0.39 is 32.7 Å². The maximum atomic E-state index is 12.9. The van der Waals surface area contributed by atoms with Gasteiger partial charge in [-0.1, -0.05) is 84.0 Å². The zero-order chi connectivity index (χ0) is 28.6. The van der Waals surface area contributed by atoms with Crippen molar-refractivity contribution < 1.29 is 22.8 Å². The smallest absolute Gasteiger partial charge is 0.244 e. The van der Waals surface area contributed by atoms with Crippen molar-refractivity contribution >= 4 is 15.9 Å². The lowest BCUT2D eigenvalue weighted by Gasteiger charge is -2.16. The zero-order valence-corrected chi connectivity index (χ0v) is 23.9. The van der Waals surface area contributed by atoms with Crippen LogP contribution in [0.3, 0.4) is 0 Å². The van der Waals surface area contributed by atoms with Gasteiger partial charge in [-0.25, -0.2) is 8.42 Å². The van der Waals surface area contributed by atoms with Gasteiger partial charge in [-0.15, -0.1) is 0 Å². The molecule has 0 aliphatic heterocycles. The van der Waals surface area contributed by atoms with Crippen LogP contribution in [-0.2, 0) is 26.7 Å². The summed E-state index contributed by atoms with van der Waals surface area (Å²) >= 11 is 0. The normalized spacial score (nSPS) is 16.7. The van der Waals surface area contributed by atoms with Crippen LogP contribution < -0.4 is 4.72 Å². The number of nitrogens with zero attached hydrogens (tertiary/aromatic N) is 1. The van der Waals surface area contributed by atoms with Crippen molar-refractivity contribution in [2.75, 3.05) is 0 Å². The van der Waals surface area contributed by atoms with E-state index in [-0.39, 0.29) is 0 Å². The van der Waals surface area contributed by atoms with Crippen molar-refractivity contribution in [2.24, 2.45) is 0 Å². The molecule has 41 heavy (non-hydrogen) atoms. The third-order valence-electron chi connectivity index (χ3n) is 8.37. The van der Waals surface area contributed by atoms with Crippen molar-refractivity contribution in [3.8, 4) is 22.5 Å². The van der Waals surface area contributed by atoms with Crippen LogP contribution in [0, 0.1) is 6.92 Å². The Morgan fingerprint density at radius 3 is 2.20 bits per heavy atom. The molecule has 7 nitrogen and oxygen atoms in total. The average Bonchev–Trinajstić information content (AvgIpc) is 3.91. The second-order valence-corrected chi connectivity index (χ2v) is 13.3. The quantitative estimate of drug-likeness (QED) is 0.228. The van der Waals surface area contributed by atoms with Gasteiger partial charge in [-0.05, 0) is 74.1 Å². The van der Waals surface area contributed by atoms with Gasteiger partial charge in [0.25, 0.3) is 0 Å². The van der Waals surface area contributed by atoms with Crippen molar-refractivity contribution in [2.45, 2.75) is 68.6 Å². The second kappa shape index (κ2) is 10.9. The van der Waals surface area contributed by atoms with Gasteiger partial charge in [0.1, 0.15) is 0 Å². The second-order valence-electron chi connectivity index (χ2n) is 11.3. The Bertz CT molecular complexity index is 1640. The number of benzene rings is 3. The Balaban J connectivity index is 1.11. The average molecular weight is 571 g/mol. The standard InChI is InChI=1S/C33H34N2O5S/c1-22-29(8-5-9-30(36)25-6-3-2-4-7-25)31(40-34-22)26-12-10-23(11-13-26)24-14-16-27(17-15-24)33(20-21-33)32(37)35-41(38,39)28-18-19-28/h2-4,6-7,10-17,28,30,36H,5,8-9,18-21H2,1H3,(H,35,37). The molecule has 0 spiro atoms. The number of carbonyl (C=O) groups is 1. The third kappa shape index (κ3) is 5.72. The first-order valence-electron chi connectivity index (χ1n) is 14.2. The number of amides is 1. The fourth-order valence-corrected chi connectivity index (χ4v) is 6.86. The van der Waals surface area contributed by atoms with Crippen LogP contribution in [0.15, 0.2) is 83.4 Å². The summed E-state index contributed by atoms with van der Waals surface area (Å²) in [5.41, 5.74) is 5.91. The minimum atomic E-state index is -3.56. The van der Waals surface area contributed by atoms with Crippen LogP contribution in [0.5, 0.6) is 0 Å². The number of sulfonamides is 1.